The molecule has 0 unspecified atom stereocenters. The number of hydrogen-bond acceptors (Lipinski definition) is 4. The SMILES string of the molecule is Cc1ccc([N+](=O)[O-])c(NCc2ccc(CO)cc2)c1. The fourth-order valence-electron chi connectivity index (χ4n) is 1.91. The fraction of sp³-hybridized carbons (Fsp3) is 0.200. The summed E-state index contributed by atoms with van der Waals surface area (Å²) in [6, 6.07) is 12.4. The molecule has 0 atom stereocenters. The number of nitrogens with one attached hydrogen (secondary N) is 1. The van der Waals surface area contributed by atoms with Gasteiger partial charge in [-0.2, -0.15) is 0 Å². The van der Waals surface area contributed by atoms with Crippen LogP contribution in [-0.4, -0.2) is 10.0 Å². The van der Waals surface area contributed by atoms with E-state index < -0.39 is 4.92 Å². The standard InChI is InChI=1S/C15H16N2O3/c1-11-2-7-15(17(19)20)14(8-11)16-9-12-3-5-13(10-18)6-4-12/h2-8,16,18H,9-10H2,1H3. The smallest absolute Gasteiger partial charge is 0.292 e. The molecule has 5 nitrogen and oxygen atoms in total. The van der Waals surface area contributed by atoms with Crippen LogP contribution in [0.2, 0.25) is 0 Å². The number of aliphatic hydroxyl groups excluding tert-OH is 1. The minimum absolute atomic E-state index is 0.0110. The number of aliphatic hydroxyl groups is 1. The predicted octanol–water partition coefficient (Wildman–Crippen LogP) is 3.01. The highest BCUT2D eigenvalue weighted by Crippen LogP contribution is 2.25. The van der Waals surface area contributed by atoms with Crippen molar-refractivity contribution < 1.29 is 10.0 Å². The molecule has 0 aromatic heterocycles. The molecule has 0 aliphatic carbocycles. The van der Waals surface area contributed by atoms with Crippen molar-refractivity contribution in [2.45, 2.75) is 20.1 Å². The Morgan fingerprint density at radius 2 is 1.80 bits per heavy atom. The number of nitrogens with zero attached hydrogens (tertiary/aromatic N) is 1. The second-order valence-electron chi connectivity index (χ2n) is 4.61. The highest BCUT2D eigenvalue weighted by atomic mass is 16.6. The molecule has 0 aliphatic heterocycles. The first-order valence-electron chi connectivity index (χ1n) is 6.28. The van der Waals surface area contributed by atoms with E-state index >= 15 is 0 Å². The van der Waals surface area contributed by atoms with Crippen LogP contribution in [0.1, 0.15) is 16.7 Å². The zero-order valence-electron chi connectivity index (χ0n) is 11.2. The number of hydrogen-bond donors (Lipinski definition) is 2. The van der Waals surface area contributed by atoms with Crippen LogP contribution in [0.4, 0.5) is 11.4 Å². The van der Waals surface area contributed by atoms with Gasteiger partial charge in [0.1, 0.15) is 5.69 Å². The minimum atomic E-state index is -0.392. The van der Waals surface area contributed by atoms with Gasteiger partial charge in [-0.1, -0.05) is 30.3 Å². The van der Waals surface area contributed by atoms with Crippen molar-refractivity contribution in [1.82, 2.24) is 0 Å². The van der Waals surface area contributed by atoms with Crippen LogP contribution in [0.3, 0.4) is 0 Å². The highest BCUT2D eigenvalue weighted by molar-refractivity contribution is 5.62. The quantitative estimate of drug-likeness (QED) is 0.648. The first kappa shape index (κ1) is 14.0. The number of aryl methyl sites for hydroxylation is 1. The molecule has 0 spiro atoms. The number of rotatable bonds is 5. The molecule has 104 valence electrons. The summed E-state index contributed by atoms with van der Waals surface area (Å²) >= 11 is 0. The van der Waals surface area contributed by atoms with Crippen LogP contribution in [0.5, 0.6) is 0 Å². The molecule has 0 saturated heterocycles. The number of nitro benzene ring substituents is 1. The first-order chi connectivity index (χ1) is 9.60. The lowest BCUT2D eigenvalue weighted by molar-refractivity contribution is -0.384. The van der Waals surface area contributed by atoms with Crippen molar-refractivity contribution in [3.63, 3.8) is 0 Å². The van der Waals surface area contributed by atoms with Gasteiger partial charge < -0.3 is 10.4 Å². The number of nitro groups is 1. The van der Waals surface area contributed by atoms with E-state index in [0.29, 0.717) is 12.2 Å². The van der Waals surface area contributed by atoms with E-state index in [1.807, 2.05) is 31.2 Å². The lowest BCUT2D eigenvalue weighted by Gasteiger charge is -2.08. The van der Waals surface area contributed by atoms with Crippen molar-refractivity contribution in [2.75, 3.05) is 5.32 Å². The summed E-state index contributed by atoms with van der Waals surface area (Å²) in [6.07, 6.45) is 0. The summed E-state index contributed by atoms with van der Waals surface area (Å²) in [5.74, 6) is 0. The molecule has 2 aromatic rings. The van der Waals surface area contributed by atoms with Crippen molar-refractivity contribution >= 4 is 11.4 Å². The van der Waals surface area contributed by atoms with Gasteiger partial charge in [0.25, 0.3) is 5.69 Å². The Balaban J connectivity index is 2.13. The zero-order valence-corrected chi connectivity index (χ0v) is 11.2. The van der Waals surface area contributed by atoms with E-state index in [2.05, 4.69) is 5.32 Å². The summed E-state index contributed by atoms with van der Waals surface area (Å²) in [6.45, 7) is 2.40. The Bertz CT molecular complexity index is 609. The molecular formula is C15H16N2O3. The number of anilines is 1. The summed E-state index contributed by atoms with van der Waals surface area (Å²) in [7, 11) is 0. The van der Waals surface area contributed by atoms with Crippen molar-refractivity contribution in [1.29, 1.82) is 0 Å². The molecule has 2 rings (SSSR count). The van der Waals surface area contributed by atoms with E-state index in [0.717, 1.165) is 16.7 Å². The maximum absolute atomic E-state index is 11.0. The van der Waals surface area contributed by atoms with Gasteiger partial charge in [-0.25, -0.2) is 0 Å². The predicted molar refractivity (Wildman–Crippen MR) is 77.5 cm³/mol. The monoisotopic (exact) mass is 272 g/mol. The second-order valence-corrected chi connectivity index (χ2v) is 4.61. The Labute approximate surface area is 117 Å². The van der Waals surface area contributed by atoms with E-state index in [4.69, 9.17) is 5.11 Å². The van der Waals surface area contributed by atoms with E-state index in [-0.39, 0.29) is 12.3 Å². The molecule has 0 saturated carbocycles. The van der Waals surface area contributed by atoms with Crippen LogP contribution in [-0.2, 0) is 13.2 Å². The molecule has 0 heterocycles. The average molecular weight is 272 g/mol. The van der Waals surface area contributed by atoms with Crippen molar-refractivity contribution in [3.05, 3.63) is 69.3 Å². The van der Waals surface area contributed by atoms with Crippen molar-refractivity contribution in [2.24, 2.45) is 0 Å². The summed E-state index contributed by atoms with van der Waals surface area (Å²) in [4.78, 5) is 10.6. The topological polar surface area (TPSA) is 75.4 Å². The highest BCUT2D eigenvalue weighted by Gasteiger charge is 2.12. The summed E-state index contributed by atoms with van der Waals surface area (Å²) in [5, 5.41) is 23.0. The molecule has 0 radical (unpaired) electrons. The number of benzene rings is 2. The Kier molecular flexibility index (Phi) is 4.32. The summed E-state index contributed by atoms with van der Waals surface area (Å²) in [5.41, 5.74) is 3.39. The molecule has 0 aliphatic rings. The van der Waals surface area contributed by atoms with Gasteiger partial charge in [0.15, 0.2) is 0 Å². The lowest BCUT2D eigenvalue weighted by Crippen LogP contribution is -2.03. The normalized spacial score (nSPS) is 10.3. The van der Waals surface area contributed by atoms with Gasteiger partial charge in [-0.05, 0) is 29.7 Å². The average Bonchev–Trinajstić information content (AvgIpc) is 2.45. The van der Waals surface area contributed by atoms with E-state index in [1.54, 1.807) is 12.1 Å². The lowest BCUT2D eigenvalue weighted by atomic mass is 10.1. The van der Waals surface area contributed by atoms with Crippen LogP contribution < -0.4 is 5.32 Å². The van der Waals surface area contributed by atoms with Gasteiger partial charge in [0.05, 0.1) is 11.5 Å². The molecule has 0 amide bonds. The largest absolute Gasteiger partial charge is 0.392 e. The van der Waals surface area contributed by atoms with Crippen LogP contribution >= 0.6 is 0 Å². The van der Waals surface area contributed by atoms with Crippen LogP contribution in [0.25, 0.3) is 0 Å². The fourth-order valence-corrected chi connectivity index (χ4v) is 1.91. The third-order valence-electron chi connectivity index (χ3n) is 3.04. The van der Waals surface area contributed by atoms with Crippen LogP contribution in [0.15, 0.2) is 42.5 Å². The molecule has 2 N–H and O–H groups in total. The van der Waals surface area contributed by atoms with Gasteiger partial charge >= 0.3 is 0 Å². The van der Waals surface area contributed by atoms with E-state index in [9.17, 15) is 10.1 Å². The molecule has 0 fully saturated rings. The minimum Gasteiger partial charge on any atom is -0.392 e. The zero-order chi connectivity index (χ0) is 14.5. The van der Waals surface area contributed by atoms with Gasteiger partial charge in [-0.3, -0.25) is 10.1 Å². The maximum Gasteiger partial charge on any atom is 0.292 e. The molecule has 20 heavy (non-hydrogen) atoms. The van der Waals surface area contributed by atoms with Gasteiger partial charge in [0.2, 0.25) is 0 Å². The van der Waals surface area contributed by atoms with Crippen LogP contribution in [0, 0.1) is 17.0 Å². The Morgan fingerprint density at radius 3 is 2.40 bits per heavy atom. The van der Waals surface area contributed by atoms with Crippen molar-refractivity contribution in [3.8, 4) is 0 Å². The third kappa shape index (κ3) is 3.33. The Hall–Kier alpha value is -2.40. The first-order valence-corrected chi connectivity index (χ1v) is 6.28. The van der Waals surface area contributed by atoms with Gasteiger partial charge in [-0.15, -0.1) is 0 Å². The third-order valence-corrected chi connectivity index (χ3v) is 3.04. The Morgan fingerprint density at radius 1 is 1.15 bits per heavy atom. The summed E-state index contributed by atoms with van der Waals surface area (Å²) < 4.78 is 0. The second kappa shape index (κ2) is 6.16. The maximum atomic E-state index is 11.0. The van der Waals surface area contributed by atoms with Gasteiger partial charge in [0, 0.05) is 12.6 Å². The molecule has 5 heteroatoms. The molecule has 0 bridgehead atoms. The molecule has 2 aromatic carbocycles. The van der Waals surface area contributed by atoms with E-state index in [1.165, 1.54) is 6.07 Å². The molecular weight excluding hydrogens is 256 g/mol.